The Balaban J connectivity index is 2.25. The Morgan fingerprint density at radius 2 is 1.79 bits per heavy atom. The van der Waals surface area contributed by atoms with Crippen LogP contribution in [0.2, 0.25) is 0 Å². The molecule has 0 bridgehead atoms. The molecule has 0 aliphatic rings. The summed E-state index contributed by atoms with van der Waals surface area (Å²) in [7, 11) is 0. The maximum absolute atomic E-state index is 13.7. The molecule has 2 aromatic rings. The Morgan fingerprint density at radius 3 is 2.47 bits per heavy atom. The van der Waals surface area contributed by atoms with Gasteiger partial charge in [-0.2, -0.15) is 0 Å². The Morgan fingerprint density at radius 1 is 1.05 bits per heavy atom. The lowest BCUT2D eigenvalue weighted by Gasteiger charge is -2.13. The van der Waals surface area contributed by atoms with Crippen molar-refractivity contribution in [1.29, 1.82) is 0 Å². The van der Waals surface area contributed by atoms with Crippen molar-refractivity contribution < 1.29 is 8.78 Å². The van der Waals surface area contributed by atoms with Crippen LogP contribution >= 0.6 is 11.6 Å². The highest BCUT2D eigenvalue weighted by Gasteiger charge is 2.16. The summed E-state index contributed by atoms with van der Waals surface area (Å²) < 4.78 is 27.0. The zero-order valence-corrected chi connectivity index (χ0v) is 11.6. The second-order valence-corrected chi connectivity index (χ2v) is 5.31. The first-order chi connectivity index (χ1) is 8.97. The van der Waals surface area contributed by atoms with E-state index in [4.69, 9.17) is 11.6 Å². The average Bonchev–Trinajstić information content (AvgIpc) is 2.33. The highest BCUT2D eigenvalue weighted by Crippen LogP contribution is 2.29. The van der Waals surface area contributed by atoms with Crippen molar-refractivity contribution in [2.45, 2.75) is 25.6 Å². The fourth-order valence-corrected chi connectivity index (χ4v) is 2.42. The van der Waals surface area contributed by atoms with Crippen LogP contribution in [0.15, 0.2) is 36.4 Å². The van der Waals surface area contributed by atoms with Crippen molar-refractivity contribution in [3.8, 4) is 0 Å². The molecule has 100 valence electrons. The Hall–Kier alpha value is -1.41. The lowest BCUT2D eigenvalue weighted by molar-refractivity contribution is 0.564. The van der Waals surface area contributed by atoms with Gasteiger partial charge in [0.15, 0.2) is 0 Å². The summed E-state index contributed by atoms with van der Waals surface area (Å²) >= 11 is 6.26. The zero-order valence-electron chi connectivity index (χ0n) is 10.9. The summed E-state index contributed by atoms with van der Waals surface area (Å²) in [6.07, 6.45) is 0.519. The Kier molecular flexibility index (Phi) is 4.20. The Bertz CT molecular complexity index is 593. The highest BCUT2D eigenvalue weighted by atomic mass is 35.5. The van der Waals surface area contributed by atoms with E-state index in [2.05, 4.69) is 0 Å². The van der Waals surface area contributed by atoms with Gasteiger partial charge in [-0.1, -0.05) is 29.8 Å². The molecule has 0 radical (unpaired) electrons. The van der Waals surface area contributed by atoms with E-state index in [1.54, 1.807) is 6.92 Å². The lowest BCUT2D eigenvalue weighted by Crippen LogP contribution is -2.01. The van der Waals surface area contributed by atoms with Crippen molar-refractivity contribution in [3.63, 3.8) is 0 Å². The molecule has 0 aliphatic carbocycles. The molecule has 2 rings (SSSR count). The van der Waals surface area contributed by atoms with E-state index < -0.39 is 17.0 Å². The summed E-state index contributed by atoms with van der Waals surface area (Å²) in [5.41, 5.74) is 2.94. The molecule has 0 nitrogen and oxygen atoms in total. The maximum Gasteiger partial charge on any atom is 0.130 e. The van der Waals surface area contributed by atoms with Crippen LogP contribution in [-0.4, -0.2) is 0 Å². The summed E-state index contributed by atoms with van der Waals surface area (Å²) in [5, 5.41) is -0.499. The monoisotopic (exact) mass is 280 g/mol. The molecule has 0 saturated heterocycles. The minimum atomic E-state index is -0.587. The third-order valence-electron chi connectivity index (χ3n) is 3.11. The first kappa shape index (κ1) is 14.0. The molecule has 0 spiro atoms. The lowest BCUT2D eigenvalue weighted by atomic mass is 10.0. The number of aryl methyl sites for hydroxylation is 2. The van der Waals surface area contributed by atoms with Gasteiger partial charge in [-0.25, -0.2) is 8.78 Å². The standard InChI is InChI=1S/C16H15ClF2/c1-10-4-3-5-12(6-10)8-14(17)13-7-11(2)15(18)9-16(13)19/h3-7,9,14H,8H2,1-2H3. The number of hydrogen-bond acceptors (Lipinski definition) is 0. The van der Waals surface area contributed by atoms with E-state index >= 15 is 0 Å². The normalized spacial score (nSPS) is 12.5. The average molecular weight is 281 g/mol. The van der Waals surface area contributed by atoms with E-state index in [1.165, 1.54) is 6.07 Å². The molecular formula is C16H15ClF2. The molecule has 0 aliphatic heterocycles. The predicted octanol–water partition coefficient (Wildman–Crippen LogP) is 5.10. The molecule has 0 amide bonds. The summed E-state index contributed by atoms with van der Waals surface area (Å²) in [6.45, 7) is 3.60. The van der Waals surface area contributed by atoms with Gasteiger partial charge in [0.2, 0.25) is 0 Å². The van der Waals surface area contributed by atoms with Crippen LogP contribution in [0.1, 0.15) is 27.6 Å². The smallest absolute Gasteiger partial charge is 0.130 e. The fourth-order valence-electron chi connectivity index (χ4n) is 2.08. The molecule has 3 heteroatoms. The second kappa shape index (κ2) is 5.70. The number of hydrogen-bond donors (Lipinski definition) is 0. The summed E-state index contributed by atoms with van der Waals surface area (Å²) in [5.74, 6) is -1.13. The maximum atomic E-state index is 13.7. The first-order valence-corrected chi connectivity index (χ1v) is 6.56. The number of halogens is 3. The minimum Gasteiger partial charge on any atom is -0.207 e. The van der Waals surface area contributed by atoms with Crippen LogP contribution in [0.5, 0.6) is 0 Å². The van der Waals surface area contributed by atoms with Crippen LogP contribution in [0.3, 0.4) is 0 Å². The van der Waals surface area contributed by atoms with E-state index in [9.17, 15) is 8.78 Å². The van der Waals surface area contributed by atoms with Crippen molar-refractivity contribution in [1.82, 2.24) is 0 Å². The summed E-state index contributed by atoms with van der Waals surface area (Å²) in [6, 6.07) is 10.3. The van der Waals surface area contributed by atoms with E-state index in [1.807, 2.05) is 31.2 Å². The number of rotatable bonds is 3. The van der Waals surface area contributed by atoms with Crippen molar-refractivity contribution in [2.24, 2.45) is 0 Å². The second-order valence-electron chi connectivity index (χ2n) is 4.78. The molecule has 0 saturated carbocycles. The molecule has 2 aromatic carbocycles. The first-order valence-electron chi connectivity index (χ1n) is 6.12. The van der Waals surface area contributed by atoms with Crippen LogP contribution in [-0.2, 0) is 6.42 Å². The van der Waals surface area contributed by atoms with Gasteiger partial charge in [-0.15, -0.1) is 11.6 Å². The van der Waals surface area contributed by atoms with Gasteiger partial charge in [-0.3, -0.25) is 0 Å². The molecule has 1 unspecified atom stereocenters. The molecule has 0 fully saturated rings. The van der Waals surface area contributed by atoms with Gasteiger partial charge in [0.25, 0.3) is 0 Å². The SMILES string of the molecule is Cc1cccc(CC(Cl)c2cc(C)c(F)cc2F)c1. The van der Waals surface area contributed by atoms with Gasteiger partial charge in [0.05, 0.1) is 5.38 Å². The van der Waals surface area contributed by atoms with Crippen molar-refractivity contribution >= 4 is 11.6 Å². The van der Waals surface area contributed by atoms with Crippen molar-refractivity contribution in [2.75, 3.05) is 0 Å². The van der Waals surface area contributed by atoms with E-state index in [0.29, 0.717) is 17.5 Å². The van der Waals surface area contributed by atoms with Crippen LogP contribution in [0.25, 0.3) is 0 Å². The zero-order chi connectivity index (χ0) is 14.0. The molecule has 0 N–H and O–H groups in total. The van der Waals surface area contributed by atoms with Crippen LogP contribution in [0.4, 0.5) is 8.78 Å². The molecule has 19 heavy (non-hydrogen) atoms. The predicted molar refractivity (Wildman–Crippen MR) is 74.6 cm³/mol. The number of alkyl halides is 1. The Labute approximate surface area is 117 Å². The van der Waals surface area contributed by atoms with Crippen LogP contribution < -0.4 is 0 Å². The van der Waals surface area contributed by atoms with Gasteiger partial charge in [0.1, 0.15) is 11.6 Å². The highest BCUT2D eigenvalue weighted by molar-refractivity contribution is 6.21. The van der Waals surface area contributed by atoms with Gasteiger partial charge in [-0.05, 0) is 37.5 Å². The molecule has 0 heterocycles. The molecular weight excluding hydrogens is 266 g/mol. The fraction of sp³-hybridized carbons (Fsp3) is 0.250. The largest absolute Gasteiger partial charge is 0.207 e. The van der Waals surface area contributed by atoms with Crippen molar-refractivity contribution in [3.05, 3.63) is 70.3 Å². The van der Waals surface area contributed by atoms with E-state index in [0.717, 1.165) is 17.2 Å². The van der Waals surface area contributed by atoms with Gasteiger partial charge >= 0.3 is 0 Å². The summed E-state index contributed by atoms with van der Waals surface area (Å²) in [4.78, 5) is 0. The molecule has 1 atom stereocenters. The number of benzene rings is 2. The van der Waals surface area contributed by atoms with Crippen LogP contribution in [0, 0.1) is 25.5 Å². The quantitative estimate of drug-likeness (QED) is 0.686. The van der Waals surface area contributed by atoms with Gasteiger partial charge < -0.3 is 0 Å². The third-order valence-corrected chi connectivity index (χ3v) is 3.50. The van der Waals surface area contributed by atoms with Gasteiger partial charge in [0, 0.05) is 11.6 Å². The third kappa shape index (κ3) is 3.32. The minimum absolute atomic E-state index is 0.349. The van der Waals surface area contributed by atoms with E-state index in [-0.39, 0.29) is 0 Å². The topological polar surface area (TPSA) is 0 Å². The molecule has 0 aromatic heterocycles.